The summed E-state index contributed by atoms with van der Waals surface area (Å²) in [5.41, 5.74) is 0.734. The third-order valence-electron chi connectivity index (χ3n) is 1.45. The number of halogens is 1. The maximum atomic E-state index is 11.0. The fourth-order valence-electron chi connectivity index (χ4n) is 0.840. The van der Waals surface area contributed by atoms with Crippen LogP contribution in [0, 0.1) is 6.92 Å². The number of ether oxygens (including phenoxy) is 1. The quantitative estimate of drug-likeness (QED) is 0.820. The molecule has 0 aliphatic rings. The molecule has 0 aliphatic carbocycles. The predicted octanol–water partition coefficient (Wildman–Crippen LogP) is 2.01. The number of aromatic nitrogens is 2. The Morgan fingerprint density at radius 3 is 2.93 bits per heavy atom. The molecule has 0 spiro atoms. The molecule has 1 amide bonds. The Labute approximate surface area is 86.4 Å². The standard InChI is InChI=1S/C8H10ClN3O2/c1-3-14-8(13)10-7-5(2)4-6(9)11-12-7/h4H,3H2,1-2H3,(H,10,12,13). The minimum absolute atomic E-state index is 0.289. The average molecular weight is 216 g/mol. The van der Waals surface area contributed by atoms with E-state index in [2.05, 4.69) is 20.3 Å². The van der Waals surface area contributed by atoms with E-state index in [1.807, 2.05) is 0 Å². The van der Waals surface area contributed by atoms with Crippen molar-refractivity contribution in [3.05, 3.63) is 16.8 Å². The lowest BCUT2D eigenvalue weighted by Crippen LogP contribution is -2.15. The zero-order valence-electron chi connectivity index (χ0n) is 7.87. The van der Waals surface area contributed by atoms with Gasteiger partial charge in [-0.2, -0.15) is 0 Å². The molecular formula is C8H10ClN3O2. The number of nitrogens with one attached hydrogen (secondary N) is 1. The minimum Gasteiger partial charge on any atom is -0.450 e. The molecular weight excluding hydrogens is 206 g/mol. The Morgan fingerprint density at radius 2 is 2.36 bits per heavy atom. The molecule has 5 nitrogen and oxygen atoms in total. The van der Waals surface area contributed by atoms with Gasteiger partial charge in [0.1, 0.15) is 0 Å². The van der Waals surface area contributed by atoms with Crippen LogP contribution < -0.4 is 5.32 Å². The first-order valence-electron chi connectivity index (χ1n) is 4.07. The SMILES string of the molecule is CCOC(=O)Nc1nnc(Cl)cc1C. The van der Waals surface area contributed by atoms with Gasteiger partial charge in [0.05, 0.1) is 6.61 Å². The summed E-state index contributed by atoms with van der Waals surface area (Å²) in [6.07, 6.45) is -0.549. The molecule has 0 saturated heterocycles. The van der Waals surface area contributed by atoms with Gasteiger partial charge in [0.2, 0.25) is 0 Å². The van der Waals surface area contributed by atoms with E-state index < -0.39 is 6.09 Å². The van der Waals surface area contributed by atoms with Crippen LogP contribution in [0.4, 0.5) is 10.6 Å². The van der Waals surface area contributed by atoms with Gasteiger partial charge in [-0.15, -0.1) is 10.2 Å². The number of carbonyl (C=O) groups excluding carboxylic acids is 1. The summed E-state index contributed by atoms with van der Waals surface area (Å²) in [6.45, 7) is 3.80. The van der Waals surface area contributed by atoms with Crippen molar-refractivity contribution >= 4 is 23.5 Å². The fraction of sp³-hybridized carbons (Fsp3) is 0.375. The molecule has 1 rings (SSSR count). The highest BCUT2D eigenvalue weighted by Crippen LogP contribution is 2.13. The van der Waals surface area contributed by atoms with E-state index in [1.165, 1.54) is 0 Å². The van der Waals surface area contributed by atoms with Gasteiger partial charge in [-0.25, -0.2) is 4.79 Å². The molecule has 1 aromatic heterocycles. The molecule has 6 heteroatoms. The molecule has 0 atom stereocenters. The third-order valence-corrected chi connectivity index (χ3v) is 1.64. The van der Waals surface area contributed by atoms with Crippen LogP contribution in [0.5, 0.6) is 0 Å². The van der Waals surface area contributed by atoms with Crippen molar-refractivity contribution in [3.63, 3.8) is 0 Å². The van der Waals surface area contributed by atoms with Gasteiger partial charge in [-0.1, -0.05) is 11.6 Å². The first kappa shape index (κ1) is 10.7. The molecule has 0 bridgehead atoms. The monoisotopic (exact) mass is 215 g/mol. The van der Waals surface area contributed by atoms with Crippen molar-refractivity contribution in [2.75, 3.05) is 11.9 Å². The van der Waals surface area contributed by atoms with Crippen molar-refractivity contribution < 1.29 is 9.53 Å². The van der Waals surface area contributed by atoms with Gasteiger partial charge in [-0.05, 0) is 25.5 Å². The Morgan fingerprint density at radius 1 is 1.64 bits per heavy atom. The highest BCUT2D eigenvalue weighted by Gasteiger charge is 2.06. The minimum atomic E-state index is -0.549. The second-order valence-electron chi connectivity index (χ2n) is 2.54. The number of hydrogen-bond acceptors (Lipinski definition) is 4. The van der Waals surface area contributed by atoms with Crippen LogP contribution in [-0.2, 0) is 4.74 Å². The largest absolute Gasteiger partial charge is 0.450 e. The van der Waals surface area contributed by atoms with Crippen molar-refractivity contribution in [1.29, 1.82) is 0 Å². The van der Waals surface area contributed by atoms with Crippen LogP contribution in [0.25, 0.3) is 0 Å². The second kappa shape index (κ2) is 4.76. The fourth-order valence-corrected chi connectivity index (χ4v) is 1.04. The first-order valence-corrected chi connectivity index (χ1v) is 4.45. The lowest BCUT2D eigenvalue weighted by atomic mass is 10.3. The summed E-state index contributed by atoms with van der Waals surface area (Å²) >= 11 is 5.60. The maximum Gasteiger partial charge on any atom is 0.412 e. The van der Waals surface area contributed by atoms with Crippen LogP contribution in [-0.4, -0.2) is 22.9 Å². The molecule has 14 heavy (non-hydrogen) atoms. The normalized spacial score (nSPS) is 9.64. The molecule has 1 N–H and O–H groups in total. The average Bonchev–Trinajstić information content (AvgIpc) is 2.10. The molecule has 0 radical (unpaired) electrons. The highest BCUT2D eigenvalue weighted by molar-refractivity contribution is 6.29. The Balaban J connectivity index is 2.72. The lowest BCUT2D eigenvalue weighted by molar-refractivity contribution is 0.167. The van der Waals surface area contributed by atoms with E-state index in [0.29, 0.717) is 12.4 Å². The Hall–Kier alpha value is -1.36. The molecule has 0 aliphatic heterocycles. The summed E-state index contributed by atoms with van der Waals surface area (Å²) in [5, 5.41) is 10.0. The van der Waals surface area contributed by atoms with Crippen molar-refractivity contribution in [2.24, 2.45) is 0 Å². The maximum absolute atomic E-state index is 11.0. The molecule has 76 valence electrons. The van der Waals surface area contributed by atoms with E-state index >= 15 is 0 Å². The first-order chi connectivity index (χ1) is 6.63. The summed E-state index contributed by atoms with van der Waals surface area (Å²) in [7, 11) is 0. The number of aryl methyl sites for hydroxylation is 1. The number of hydrogen-bond donors (Lipinski definition) is 1. The smallest absolute Gasteiger partial charge is 0.412 e. The van der Waals surface area contributed by atoms with Crippen molar-refractivity contribution in [2.45, 2.75) is 13.8 Å². The number of carbonyl (C=O) groups is 1. The van der Waals surface area contributed by atoms with E-state index in [-0.39, 0.29) is 5.15 Å². The Bertz CT molecular complexity index is 343. The van der Waals surface area contributed by atoms with Gasteiger partial charge in [0.15, 0.2) is 11.0 Å². The van der Waals surface area contributed by atoms with Crippen LogP contribution >= 0.6 is 11.6 Å². The van der Waals surface area contributed by atoms with Crippen LogP contribution in [0.2, 0.25) is 5.15 Å². The summed E-state index contributed by atoms with van der Waals surface area (Å²) in [4.78, 5) is 11.0. The van der Waals surface area contributed by atoms with E-state index in [9.17, 15) is 4.79 Å². The van der Waals surface area contributed by atoms with Gasteiger partial charge < -0.3 is 4.74 Å². The van der Waals surface area contributed by atoms with Gasteiger partial charge in [0.25, 0.3) is 0 Å². The molecule has 1 aromatic rings. The molecule has 0 saturated carbocycles. The molecule has 0 aromatic carbocycles. The predicted molar refractivity (Wildman–Crippen MR) is 52.4 cm³/mol. The number of anilines is 1. The summed E-state index contributed by atoms with van der Waals surface area (Å²) < 4.78 is 4.68. The van der Waals surface area contributed by atoms with Gasteiger partial charge in [0, 0.05) is 0 Å². The summed E-state index contributed by atoms with van der Waals surface area (Å²) in [5.74, 6) is 0.354. The van der Waals surface area contributed by atoms with Crippen LogP contribution in [0.1, 0.15) is 12.5 Å². The number of amides is 1. The summed E-state index contributed by atoms with van der Waals surface area (Å²) in [6, 6.07) is 1.61. The highest BCUT2D eigenvalue weighted by atomic mass is 35.5. The lowest BCUT2D eigenvalue weighted by Gasteiger charge is -2.05. The van der Waals surface area contributed by atoms with E-state index in [0.717, 1.165) is 5.56 Å². The van der Waals surface area contributed by atoms with Crippen LogP contribution in [0.15, 0.2) is 6.07 Å². The topological polar surface area (TPSA) is 64.1 Å². The van der Waals surface area contributed by atoms with E-state index in [1.54, 1.807) is 19.9 Å². The van der Waals surface area contributed by atoms with Gasteiger partial charge in [-0.3, -0.25) is 5.32 Å². The van der Waals surface area contributed by atoms with Crippen molar-refractivity contribution in [1.82, 2.24) is 10.2 Å². The second-order valence-corrected chi connectivity index (χ2v) is 2.93. The molecule has 1 heterocycles. The van der Waals surface area contributed by atoms with Crippen molar-refractivity contribution in [3.8, 4) is 0 Å². The van der Waals surface area contributed by atoms with E-state index in [4.69, 9.17) is 11.6 Å². The number of rotatable bonds is 2. The zero-order valence-corrected chi connectivity index (χ0v) is 8.63. The van der Waals surface area contributed by atoms with Crippen LogP contribution in [0.3, 0.4) is 0 Å². The molecule has 0 fully saturated rings. The number of nitrogens with zero attached hydrogens (tertiary/aromatic N) is 2. The Kier molecular flexibility index (Phi) is 3.64. The third kappa shape index (κ3) is 2.85. The van der Waals surface area contributed by atoms with Gasteiger partial charge >= 0.3 is 6.09 Å². The molecule has 0 unspecified atom stereocenters. The zero-order chi connectivity index (χ0) is 10.6.